The number of imidazole rings is 1. The number of fused-ring (bicyclic) bond motifs is 1. The fraction of sp³-hybridized carbons (Fsp3) is 0.348. The largest absolute Gasteiger partial charge is 0.492 e. The predicted molar refractivity (Wildman–Crippen MR) is 123 cm³/mol. The van der Waals surface area contributed by atoms with Gasteiger partial charge in [-0.3, -0.25) is 9.59 Å². The molecule has 1 aromatic carbocycles. The molecule has 0 spiro atoms. The smallest absolute Gasteiger partial charge is 0.275 e. The van der Waals surface area contributed by atoms with Gasteiger partial charge in [-0.15, -0.1) is 0 Å². The Labute approximate surface area is 182 Å². The van der Waals surface area contributed by atoms with Gasteiger partial charge < -0.3 is 18.8 Å². The molecule has 3 heterocycles. The van der Waals surface area contributed by atoms with Crippen LogP contribution in [0.4, 0.5) is 0 Å². The normalized spacial score (nSPS) is 13.9. The third-order valence-corrected chi connectivity index (χ3v) is 7.59. The molecule has 0 unspecified atom stereocenters. The standard InChI is InChI=1S/C23H28N4O3Si/c1-17-15-26(16-24-17)18-9-10-19-22(28)25(11-12-27(19)23(18)29)13-14-30-20-7-5-6-8-21(20)31(2,3)4/h5-10,15-16H,11-14H2,1-4H3. The van der Waals surface area contributed by atoms with E-state index in [1.165, 1.54) is 5.19 Å². The number of para-hydroxylation sites is 1. The summed E-state index contributed by atoms with van der Waals surface area (Å²) in [6.45, 7) is 10.6. The van der Waals surface area contributed by atoms with E-state index in [-0.39, 0.29) is 11.5 Å². The van der Waals surface area contributed by atoms with E-state index in [0.29, 0.717) is 37.6 Å². The maximum atomic E-state index is 13.0. The molecule has 0 N–H and O–H groups in total. The second-order valence-electron chi connectivity index (χ2n) is 8.87. The molecule has 0 bridgehead atoms. The number of pyridine rings is 1. The zero-order valence-electron chi connectivity index (χ0n) is 18.5. The van der Waals surface area contributed by atoms with Crippen molar-refractivity contribution in [3.05, 3.63) is 70.7 Å². The van der Waals surface area contributed by atoms with Gasteiger partial charge in [0.25, 0.3) is 11.5 Å². The van der Waals surface area contributed by atoms with Gasteiger partial charge in [-0.05, 0) is 30.3 Å². The Balaban J connectivity index is 1.47. The van der Waals surface area contributed by atoms with Crippen LogP contribution >= 0.6 is 0 Å². The lowest BCUT2D eigenvalue weighted by Gasteiger charge is -2.30. The van der Waals surface area contributed by atoms with E-state index >= 15 is 0 Å². The molecule has 0 saturated carbocycles. The van der Waals surface area contributed by atoms with Crippen molar-refractivity contribution in [2.75, 3.05) is 19.7 Å². The minimum absolute atomic E-state index is 0.140. The molecule has 8 heteroatoms. The maximum absolute atomic E-state index is 13.0. The van der Waals surface area contributed by atoms with Crippen LogP contribution < -0.4 is 15.5 Å². The molecular weight excluding hydrogens is 408 g/mol. The Morgan fingerprint density at radius 2 is 1.84 bits per heavy atom. The lowest BCUT2D eigenvalue weighted by Crippen LogP contribution is -2.46. The van der Waals surface area contributed by atoms with Crippen LogP contribution in [-0.4, -0.2) is 52.7 Å². The number of amides is 1. The Morgan fingerprint density at radius 1 is 1.06 bits per heavy atom. The van der Waals surface area contributed by atoms with Crippen molar-refractivity contribution in [2.24, 2.45) is 0 Å². The highest BCUT2D eigenvalue weighted by atomic mass is 28.3. The number of hydrogen-bond acceptors (Lipinski definition) is 4. The van der Waals surface area contributed by atoms with Crippen LogP contribution in [0.1, 0.15) is 16.2 Å². The van der Waals surface area contributed by atoms with Crippen molar-refractivity contribution < 1.29 is 9.53 Å². The summed E-state index contributed by atoms with van der Waals surface area (Å²) in [7, 11) is -1.52. The molecule has 0 fully saturated rings. The molecule has 7 nitrogen and oxygen atoms in total. The lowest BCUT2D eigenvalue weighted by molar-refractivity contribution is 0.0673. The average molecular weight is 437 g/mol. The number of aryl methyl sites for hydroxylation is 1. The molecule has 3 aromatic rings. The van der Waals surface area contributed by atoms with Crippen molar-refractivity contribution in [1.29, 1.82) is 0 Å². The van der Waals surface area contributed by atoms with Gasteiger partial charge in [-0.1, -0.05) is 37.8 Å². The second-order valence-corrected chi connectivity index (χ2v) is 13.9. The quantitative estimate of drug-likeness (QED) is 0.557. The van der Waals surface area contributed by atoms with Gasteiger partial charge in [-0.2, -0.15) is 0 Å². The van der Waals surface area contributed by atoms with Crippen LogP contribution in [0.15, 0.2) is 53.7 Å². The number of carbonyl (C=O) groups is 1. The number of carbonyl (C=O) groups excluding carboxylic acids is 1. The van der Waals surface area contributed by atoms with E-state index < -0.39 is 8.07 Å². The van der Waals surface area contributed by atoms with Crippen molar-refractivity contribution >= 4 is 19.2 Å². The van der Waals surface area contributed by atoms with E-state index in [2.05, 4.69) is 30.7 Å². The number of aromatic nitrogens is 3. The van der Waals surface area contributed by atoms with Gasteiger partial charge in [0.05, 0.1) is 26.6 Å². The minimum Gasteiger partial charge on any atom is -0.492 e. The highest BCUT2D eigenvalue weighted by Crippen LogP contribution is 2.16. The molecule has 0 aliphatic carbocycles. The number of hydrogen-bond donors (Lipinski definition) is 0. The number of rotatable bonds is 6. The van der Waals surface area contributed by atoms with Crippen LogP contribution in [0.2, 0.25) is 19.6 Å². The molecule has 162 valence electrons. The van der Waals surface area contributed by atoms with Crippen LogP contribution in [0.3, 0.4) is 0 Å². The molecule has 4 rings (SSSR count). The summed E-state index contributed by atoms with van der Waals surface area (Å²) < 4.78 is 9.33. The van der Waals surface area contributed by atoms with Crippen LogP contribution in [0.25, 0.3) is 5.69 Å². The van der Waals surface area contributed by atoms with Gasteiger partial charge in [0, 0.05) is 19.3 Å². The van der Waals surface area contributed by atoms with E-state index in [1.807, 2.05) is 25.1 Å². The lowest BCUT2D eigenvalue weighted by atomic mass is 10.2. The minimum atomic E-state index is -1.52. The van der Waals surface area contributed by atoms with E-state index in [4.69, 9.17) is 4.74 Å². The van der Waals surface area contributed by atoms with Crippen molar-refractivity contribution in [2.45, 2.75) is 33.1 Å². The van der Waals surface area contributed by atoms with Gasteiger partial charge in [-0.25, -0.2) is 4.98 Å². The molecule has 0 saturated heterocycles. The molecule has 31 heavy (non-hydrogen) atoms. The highest BCUT2D eigenvalue weighted by molar-refractivity contribution is 6.89. The number of nitrogens with zero attached hydrogens (tertiary/aromatic N) is 4. The zero-order chi connectivity index (χ0) is 22.2. The van der Waals surface area contributed by atoms with Crippen molar-refractivity contribution in [3.8, 4) is 11.4 Å². The van der Waals surface area contributed by atoms with E-state index in [0.717, 1.165) is 11.4 Å². The first kappa shape index (κ1) is 21.1. The molecule has 0 radical (unpaired) electrons. The third kappa shape index (κ3) is 4.20. The monoisotopic (exact) mass is 436 g/mol. The Kier molecular flexibility index (Phi) is 5.57. The molecular formula is C23H28N4O3Si. The Hall–Kier alpha value is -3.13. The second kappa shape index (κ2) is 8.18. The average Bonchev–Trinajstić information content (AvgIpc) is 3.16. The van der Waals surface area contributed by atoms with Crippen LogP contribution in [-0.2, 0) is 6.54 Å². The first-order chi connectivity index (χ1) is 14.8. The fourth-order valence-electron chi connectivity index (χ4n) is 3.90. The summed E-state index contributed by atoms with van der Waals surface area (Å²) in [5.74, 6) is 0.766. The summed E-state index contributed by atoms with van der Waals surface area (Å²) >= 11 is 0. The molecule has 0 atom stereocenters. The SMILES string of the molecule is Cc1cn(-c2ccc3n(c2=O)CCN(CCOc2ccccc2[Si](C)(C)C)C3=O)cn1. The molecule has 1 amide bonds. The van der Waals surface area contributed by atoms with Gasteiger partial charge in [0.2, 0.25) is 0 Å². The van der Waals surface area contributed by atoms with Gasteiger partial charge >= 0.3 is 0 Å². The first-order valence-corrected chi connectivity index (χ1v) is 14.0. The van der Waals surface area contributed by atoms with Crippen molar-refractivity contribution in [1.82, 2.24) is 19.0 Å². The zero-order valence-corrected chi connectivity index (χ0v) is 19.5. The van der Waals surface area contributed by atoms with Crippen molar-refractivity contribution in [3.63, 3.8) is 0 Å². The Bertz CT molecular complexity index is 1180. The maximum Gasteiger partial charge on any atom is 0.275 e. The summed E-state index contributed by atoms with van der Waals surface area (Å²) in [4.78, 5) is 31.9. The summed E-state index contributed by atoms with van der Waals surface area (Å²) in [6, 6.07) is 11.6. The number of benzene rings is 1. The molecule has 1 aliphatic heterocycles. The van der Waals surface area contributed by atoms with Crippen LogP contribution in [0.5, 0.6) is 5.75 Å². The topological polar surface area (TPSA) is 69.4 Å². The number of ether oxygens (including phenoxy) is 1. The van der Waals surface area contributed by atoms with Gasteiger partial charge in [0.1, 0.15) is 23.7 Å². The van der Waals surface area contributed by atoms with E-state index in [9.17, 15) is 9.59 Å². The highest BCUT2D eigenvalue weighted by Gasteiger charge is 2.26. The summed E-state index contributed by atoms with van der Waals surface area (Å²) in [5.41, 5.74) is 1.57. The van der Waals surface area contributed by atoms with Crippen LogP contribution in [0, 0.1) is 6.92 Å². The first-order valence-electron chi connectivity index (χ1n) is 10.5. The van der Waals surface area contributed by atoms with E-state index in [1.54, 1.807) is 38.7 Å². The predicted octanol–water partition coefficient (Wildman–Crippen LogP) is 2.42. The Morgan fingerprint density at radius 3 is 2.55 bits per heavy atom. The van der Waals surface area contributed by atoms with Gasteiger partial charge in [0.15, 0.2) is 0 Å². The summed E-state index contributed by atoms with van der Waals surface area (Å²) in [6.07, 6.45) is 3.42. The molecule has 1 aliphatic rings. The summed E-state index contributed by atoms with van der Waals surface area (Å²) in [5, 5.41) is 1.28. The third-order valence-electron chi connectivity index (χ3n) is 5.56. The fourth-order valence-corrected chi connectivity index (χ4v) is 5.39. The molecule has 2 aromatic heterocycles.